The van der Waals surface area contributed by atoms with Crippen molar-refractivity contribution in [3.8, 4) is 0 Å². The fourth-order valence-electron chi connectivity index (χ4n) is 2.00. The van der Waals surface area contributed by atoms with Crippen LogP contribution >= 0.6 is 0 Å². The van der Waals surface area contributed by atoms with Crippen LogP contribution in [0.5, 0.6) is 0 Å². The lowest BCUT2D eigenvalue weighted by atomic mass is 10.2. The summed E-state index contributed by atoms with van der Waals surface area (Å²) in [5.41, 5.74) is 0.867. The van der Waals surface area contributed by atoms with Crippen LogP contribution in [0.25, 0.3) is 0 Å². The lowest BCUT2D eigenvalue weighted by Gasteiger charge is -2.30. The van der Waals surface area contributed by atoms with Crippen LogP contribution in [0.3, 0.4) is 0 Å². The molecule has 0 radical (unpaired) electrons. The molecule has 0 bridgehead atoms. The minimum absolute atomic E-state index is 0.0827. The van der Waals surface area contributed by atoms with Gasteiger partial charge in [0.2, 0.25) is 0 Å². The number of aromatic nitrogens is 1. The predicted molar refractivity (Wildman–Crippen MR) is 62.7 cm³/mol. The molecule has 1 saturated heterocycles. The first-order valence-electron chi connectivity index (χ1n) is 5.63. The molecule has 0 aromatic carbocycles. The van der Waals surface area contributed by atoms with Gasteiger partial charge in [0.25, 0.3) is 5.56 Å². The summed E-state index contributed by atoms with van der Waals surface area (Å²) in [7, 11) is 2.08. The fraction of sp³-hybridized carbons (Fsp3) is 0.583. The topological polar surface area (TPSA) is 34.5 Å². The van der Waals surface area contributed by atoms with Gasteiger partial charge >= 0.3 is 0 Å². The minimum Gasteiger partial charge on any atom is -0.374 e. The molecule has 2 heterocycles. The zero-order valence-electron chi connectivity index (χ0n) is 9.85. The third-order valence-corrected chi connectivity index (χ3v) is 2.95. The summed E-state index contributed by atoms with van der Waals surface area (Å²) >= 11 is 0. The lowest BCUT2D eigenvalue weighted by molar-refractivity contribution is -0.0279. The molecule has 4 nitrogen and oxygen atoms in total. The number of hydrogen-bond acceptors (Lipinski definition) is 3. The number of nitrogens with zero attached hydrogens (tertiary/aromatic N) is 2. The average Bonchev–Trinajstić information content (AvgIpc) is 2.25. The van der Waals surface area contributed by atoms with Crippen LogP contribution in [0.4, 0.5) is 0 Å². The van der Waals surface area contributed by atoms with E-state index in [1.165, 1.54) is 0 Å². The van der Waals surface area contributed by atoms with Crippen molar-refractivity contribution in [2.24, 2.45) is 0 Å². The third kappa shape index (κ3) is 2.51. The molecule has 0 N–H and O–H groups in total. The van der Waals surface area contributed by atoms with Crippen molar-refractivity contribution in [1.29, 1.82) is 0 Å². The Bertz CT molecular complexity index is 414. The molecule has 88 valence electrons. The van der Waals surface area contributed by atoms with Crippen molar-refractivity contribution in [3.63, 3.8) is 0 Å². The van der Waals surface area contributed by atoms with Crippen molar-refractivity contribution in [2.75, 3.05) is 26.7 Å². The molecular weight excluding hydrogens is 204 g/mol. The zero-order chi connectivity index (χ0) is 11.5. The Morgan fingerprint density at radius 3 is 3.12 bits per heavy atom. The van der Waals surface area contributed by atoms with Crippen molar-refractivity contribution >= 4 is 0 Å². The Balaban J connectivity index is 2.09. The molecule has 4 heteroatoms. The monoisotopic (exact) mass is 222 g/mol. The second-order valence-corrected chi connectivity index (χ2v) is 4.40. The van der Waals surface area contributed by atoms with Crippen LogP contribution in [0.1, 0.15) is 5.56 Å². The quantitative estimate of drug-likeness (QED) is 0.730. The molecule has 1 aliphatic heterocycles. The molecule has 1 aromatic heterocycles. The van der Waals surface area contributed by atoms with E-state index in [-0.39, 0.29) is 11.7 Å². The highest BCUT2D eigenvalue weighted by molar-refractivity contribution is 5.07. The van der Waals surface area contributed by atoms with Gasteiger partial charge in [0, 0.05) is 24.8 Å². The van der Waals surface area contributed by atoms with Crippen molar-refractivity contribution in [1.82, 2.24) is 9.47 Å². The lowest BCUT2D eigenvalue weighted by Crippen LogP contribution is -2.43. The molecule has 1 fully saturated rings. The number of likely N-dealkylation sites (N-methyl/N-ethyl adjacent to an activating group) is 1. The first kappa shape index (κ1) is 11.4. The number of pyridine rings is 1. The van der Waals surface area contributed by atoms with Gasteiger partial charge in [-0.15, -0.1) is 0 Å². The third-order valence-electron chi connectivity index (χ3n) is 2.95. The van der Waals surface area contributed by atoms with E-state index >= 15 is 0 Å². The fourth-order valence-corrected chi connectivity index (χ4v) is 2.00. The van der Waals surface area contributed by atoms with E-state index in [1.54, 1.807) is 4.57 Å². The molecule has 1 aliphatic rings. The zero-order valence-corrected chi connectivity index (χ0v) is 9.85. The SMILES string of the molecule is Cc1cccn(CC2CN(C)CCO2)c1=O. The molecule has 1 unspecified atom stereocenters. The molecule has 0 saturated carbocycles. The van der Waals surface area contributed by atoms with Crippen molar-refractivity contribution in [3.05, 3.63) is 34.2 Å². The van der Waals surface area contributed by atoms with Crippen LogP contribution in [-0.4, -0.2) is 42.3 Å². The van der Waals surface area contributed by atoms with Crippen LogP contribution in [0.2, 0.25) is 0 Å². The van der Waals surface area contributed by atoms with Gasteiger partial charge in [-0.3, -0.25) is 4.79 Å². The van der Waals surface area contributed by atoms with Crippen molar-refractivity contribution in [2.45, 2.75) is 19.6 Å². The second kappa shape index (κ2) is 4.80. The Labute approximate surface area is 95.4 Å². The maximum Gasteiger partial charge on any atom is 0.253 e. The Hall–Kier alpha value is -1.13. The molecule has 16 heavy (non-hydrogen) atoms. The van der Waals surface area contributed by atoms with Crippen LogP contribution in [0, 0.1) is 6.92 Å². The summed E-state index contributed by atoms with van der Waals surface area (Å²) in [6.45, 7) is 5.10. The number of aryl methyl sites for hydroxylation is 1. The van der Waals surface area contributed by atoms with Gasteiger partial charge in [-0.05, 0) is 20.0 Å². The maximum absolute atomic E-state index is 11.8. The molecular formula is C12H18N2O2. The highest BCUT2D eigenvalue weighted by Crippen LogP contribution is 2.04. The van der Waals surface area contributed by atoms with E-state index in [4.69, 9.17) is 4.74 Å². The van der Waals surface area contributed by atoms with Gasteiger partial charge in [-0.2, -0.15) is 0 Å². The van der Waals surface area contributed by atoms with Crippen molar-refractivity contribution < 1.29 is 4.74 Å². The summed E-state index contributed by atoms with van der Waals surface area (Å²) in [4.78, 5) is 14.0. The van der Waals surface area contributed by atoms with E-state index in [0.29, 0.717) is 6.54 Å². The molecule has 1 aromatic rings. The van der Waals surface area contributed by atoms with E-state index in [9.17, 15) is 4.79 Å². The average molecular weight is 222 g/mol. The van der Waals surface area contributed by atoms with Crippen LogP contribution < -0.4 is 5.56 Å². The summed E-state index contributed by atoms with van der Waals surface area (Å²) in [5.74, 6) is 0. The largest absolute Gasteiger partial charge is 0.374 e. The molecule has 2 rings (SSSR count). The number of ether oxygens (including phenoxy) is 1. The molecule has 1 atom stereocenters. The Morgan fingerprint density at radius 2 is 2.38 bits per heavy atom. The summed E-state index contributed by atoms with van der Waals surface area (Å²) in [6.07, 6.45) is 1.95. The van der Waals surface area contributed by atoms with Crippen LogP contribution in [-0.2, 0) is 11.3 Å². The number of hydrogen-bond donors (Lipinski definition) is 0. The summed E-state index contributed by atoms with van der Waals surface area (Å²) in [5, 5.41) is 0. The number of morpholine rings is 1. The van der Waals surface area contributed by atoms with Gasteiger partial charge < -0.3 is 14.2 Å². The maximum atomic E-state index is 11.8. The first-order chi connectivity index (χ1) is 7.66. The number of rotatable bonds is 2. The second-order valence-electron chi connectivity index (χ2n) is 4.40. The van der Waals surface area contributed by atoms with E-state index in [0.717, 1.165) is 25.3 Å². The molecule has 0 spiro atoms. The highest BCUT2D eigenvalue weighted by Gasteiger charge is 2.18. The summed E-state index contributed by atoms with van der Waals surface area (Å²) in [6, 6.07) is 3.75. The molecule has 0 aliphatic carbocycles. The predicted octanol–water partition coefficient (Wildman–Crippen LogP) is 0.487. The normalized spacial score (nSPS) is 22.2. The van der Waals surface area contributed by atoms with Gasteiger partial charge in [-0.25, -0.2) is 0 Å². The smallest absolute Gasteiger partial charge is 0.253 e. The van der Waals surface area contributed by atoms with Gasteiger partial charge in [0.1, 0.15) is 0 Å². The van der Waals surface area contributed by atoms with Crippen LogP contribution in [0.15, 0.2) is 23.1 Å². The standard InChI is InChI=1S/C12H18N2O2/c1-10-4-3-5-14(12(10)15)9-11-8-13(2)6-7-16-11/h3-5,11H,6-9H2,1-2H3. The Kier molecular flexibility index (Phi) is 3.41. The van der Waals surface area contributed by atoms with E-state index < -0.39 is 0 Å². The summed E-state index contributed by atoms with van der Waals surface area (Å²) < 4.78 is 7.38. The van der Waals surface area contributed by atoms with Gasteiger partial charge in [0.05, 0.1) is 19.3 Å². The highest BCUT2D eigenvalue weighted by atomic mass is 16.5. The molecule has 0 amide bonds. The Morgan fingerprint density at radius 1 is 1.56 bits per heavy atom. The minimum atomic E-state index is 0.0827. The first-order valence-corrected chi connectivity index (χ1v) is 5.63. The van der Waals surface area contributed by atoms with Gasteiger partial charge in [0.15, 0.2) is 0 Å². The van der Waals surface area contributed by atoms with E-state index in [1.807, 2.05) is 25.3 Å². The van der Waals surface area contributed by atoms with E-state index in [2.05, 4.69) is 11.9 Å². The van der Waals surface area contributed by atoms with Gasteiger partial charge in [-0.1, -0.05) is 6.07 Å².